The number of aliphatic hydroxyl groups is 1. The molecule has 0 spiro atoms. The number of amides is 2. The normalized spacial score (nSPS) is 23.3. The molecule has 6 atom stereocenters. The van der Waals surface area contributed by atoms with Crippen molar-refractivity contribution in [2.75, 3.05) is 61.4 Å². The summed E-state index contributed by atoms with van der Waals surface area (Å²) in [6.45, 7) is 11.6. The van der Waals surface area contributed by atoms with Crippen molar-refractivity contribution in [3.63, 3.8) is 0 Å². The van der Waals surface area contributed by atoms with Crippen LogP contribution in [0.5, 0.6) is 17.5 Å². The molecule has 412 valence electrons. The Balaban J connectivity index is 0.604. The number of aliphatic hydroxyl groups excluding tert-OH is 1. The maximum Gasteiger partial charge on any atom is 0.254 e. The average molecular weight is 1090 g/mol. The largest absolute Gasteiger partial charge is 0.507 e. The van der Waals surface area contributed by atoms with Crippen molar-refractivity contribution in [2.24, 2.45) is 5.92 Å². The number of phenols is 1. The van der Waals surface area contributed by atoms with Gasteiger partial charge < -0.3 is 54.7 Å². The molecule has 2 unspecified atom stereocenters. The number of carbonyl (C=O) groups is 2. The molecule has 78 heavy (non-hydrogen) atoms. The number of benzene rings is 1. The highest BCUT2D eigenvalue weighted by Gasteiger charge is 2.45. The van der Waals surface area contributed by atoms with Gasteiger partial charge in [0.15, 0.2) is 11.6 Å². The number of nitrogens with one attached hydrogen (secondary N) is 1. The number of aromatic hydroxyl groups is 1. The highest BCUT2D eigenvalue weighted by atomic mass is 32.1. The van der Waals surface area contributed by atoms with Gasteiger partial charge in [0.1, 0.15) is 36.2 Å². The first kappa shape index (κ1) is 53.0. The number of fused-ring (bicyclic) bond motifs is 2. The molecule has 1 saturated carbocycles. The topological polar surface area (TPSA) is 244 Å². The van der Waals surface area contributed by atoms with Crippen LogP contribution < -0.4 is 30.3 Å². The molecule has 1 aliphatic carbocycles. The Morgan fingerprint density at radius 2 is 1.69 bits per heavy atom. The molecule has 5 aliphatic rings. The molecule has 4 aliphatic heterocycles. The molecule has 20 nitrogen and oxygen atoms in total. The van der Waals surface area contributed by atoms with E-state index in [2.05, 4.69) is 62.5 Å². The molecule has 6 aromatic rings. The van der Waals surface area contributed by atoms with Crippen LogP contribution >= 0.6 is 11.3 Å². The number of aryl methyl sites for hydroxylation is 1. The van der Waals surface area contributed by atoms with Crippen molar-refractivity contribution in [2.45, 2.75) is 127 Å². The summed E-state index contributed by atoms with van der Waals surface area (Å²) in [5.41, 5.74) is 12.6. The molecular weight excluding hydrogens is 1020 g/mol. The summed E-state index contributed by atoms with van der Waals surface area (Å²) in [5.74, 6) is -0.712. The summed E-state index contributed by atoms with van der Waals surface area (Å²) >= 11 is 1.37. The Labute approximate surface area is 456 Å². The van der Waals surface area contributed by atoms with Crippen molar-refractivity contribution in [3.05, 3.63) is 95.3 Å². The number of halogens is 1. The number of hydrogen-bond donors (Lipinski definition) is 4. The molecule has 4 saturated heterocycles. The van der Waals surface area contributed by atoms with Gasteiger partial charge >= 0.3 is 0 Å². The number of para-hydroxylation sites is 1. The zero-order chi connectivity index (χ0) is 54.2. The van der Waals surface area contributed by atoms with E-state index in [-0.39, 0.29) is 72.4 Å². The third-order valence-electron chi connectivity index (χ3n) is 16.0. The van der Waals surface area contributed by atoms with Crippen LogP contribution in [0.4, 0.5) is 21.6 Å². The minimum atomic E-state index is -0.977. The number of piperidine rings is 1. The van der Waals surface area contributed by atoms with Crippen LogP contribution in [0.15, 0.2) is 77.0 Å². The zero-order valence-corrected chi connectivity index (χ0v) is 45.1. The average Bonchev–Trinajstić information content (AvgIpc) is 4.23. The summed E-state index contributed by atoms with van der Waals surface area (Å²) < 4.78 is 40.0. The van der Waals surface area contributed by atoms with Crippen LogP contribution in [-0.4, -0.2) is 151 Å². The lowest BCUT2D eigenvalue weighted by Gasteiger charge is -2.43. The fourth-order valence-corrected chi connectivity index (χ4v) is 12.6. The van der Waals surface area contributed by atoms with Gasteiger partial charge in [0.2, 0.25) is 17.7 Å². The van der Waals surface area contributed by atoms with Crippen LogP contribution in [0.3, 0.4) is 0 Å². The van der Waals surface area contributed by atoms with E-state index in [4.69, 9.17) is 24.5 Å². The van der Waals surface area contributed by atoms with E-state index in [0.29, 0.717) is 47.6 Å². The SMILES string of the molecule is Cc1ncsc1-c1cc(F)c([C@H](C)NC(=O)[C@@H]2C[C@@H](O)CN2C(=O)[C@H](c2cc(OCCN3CCC(O[C@H]4C[C@H](Oc5cc(N6C7CCC6CN(c6cc(-c8ccccc8O)nnc6N)C7)ccn5)C4)CC3)no2)C(C)C)cn1. The van der Waals surface area contributed by atoms with Crippen LogP contribution in [0, 0.1) is 18.7 Å². The van der Waals surface area contributed by atoms with Crippen molar-refractivity contribution in [1.82, 2.24) is 45.4 Å². The molecule has 2 amide bonds. The fourth-order valence-electron chi connectivity index (χ4n) is 11.9. The van der Waals surface area contributed by atoms with Crippen molar-refractivity contribution in [1.29, 1.82) is 0 Å². The fraction of sp³-hybridized carbons (Fsp3) is 0.500. The maximum absolute atomic E-state index is 15.4. The first-order valence-corrected chi connectivity index (χ1v) is 28.0. The van der Waals surface area contributed by atoms with E-state index in [9.17, 15) is 19.8 Å². The molecule has 11 rings (SSSR count). The summed E-state index contributed by atoms with van der Waals surface area (Å²) in [6.07, 6.45) is 8.30. The third kappa shape index (κ3) is 11.3. The van der Waals surface area contributed by atoms with E-state index in [1.165, 1.54) is 28.5 Å². The quantitative estimate of drug-likeness (QED) is 0.0701. The Hall–Kier alpha value is -7.01. The molecule has 9 heterocycles. The van der Waals surface area contributed by atoms with Gasteiger partial charge in [-0.25, -0.2) is 14.4 Å². The summed E-state index contributed by atoms with van der Waals surface area (Å²) in [6, 6.07) is 15.0. The van der Waals surface area contributed by atoms with Gasteiger partial charge in [-0.05, 0) is 74.9 Å². The monoisotopic (exact) mass is 1090 g/mol. The minimum absolute atomic E-state index is 0.0345. The number of phenolic OH excluding ortho intramolecular Hbond substituents is 1. The van der Waals surface area contributed by atoms with Gasteiger partial charge in [-0.15, -0.1) is 21.5 Å². The molecule has 5 aromatic heterocycles. The molecule has 5 N–H and O–H groups in total. The van der Waals surface area contributed by atoms with Crippen LogP contribution in [0.2, 0.25) is 0 Å². The van der Waals surface area contributed by atoms with Crippen molar-refractivity contribution >= 4 is 40.3 Å². The van der Waals surface area contributed by atoms with Gasteiger partial charge in [-0.1, -0.05) is 26.0 Å². The molecule has 22 heteroatoms. The van der Waals surface area contributed by atoms with E-state index < -0.39 is 35.8 Å². The Morgan fingerprint density at radius 1 is 0.910 bits per heavy atom. The lowest BCUT2D eigenvalue weighted by Crippen LogP contribution is -2.54. The second kappa shape index (κ2) is 22.8. The number of piperazine rings is 1. The number of rotatable bonds is 18. The zero-order valence-electron chi connectivity index (χ0n) is 44.3. The van der Waals surface area contributed by atoms with Gasteiger partial charge in [0, 0.05) is 118 Å². The van der Waals surface area contributed by atoms with Gasteiger partial charge in [-0.2, -0.15) is 0 Å². The van der Waals surface area contributed by atoms with Gasteiger partial charge in [0.25, 0.3) is 5.88 Å². The third-order valence-corrected chi connectivity index (χ3v) is 17.0. The molecule has 1 aromatic carbocycles. The van der Waals surface area contributed by atoms with E-state index >= 15 is 4.39 Å². The van der Waals surface area contributed by atoms with Crippen LogP contribution in [-0.2, 0) is 14.3 Å². The molecule has 2 bridgehead atoms. The first-order valence-electron chi connectivity index (χ1n) is 27.1. The Bertz CT molecular complexity index is 3080. The van der Waals surface area contributed by atoms with E-state index in [1.807, 2.05) is 45.2 Å². The van der Waals surface area contributed by atoms with Gasteiger partial charge in [0.05, 0.1) is 57.5 Å². The second-order valence-corrected chi connectivity index (χ2v) is 22.6. The number of thiazole rings is 1. The number of nitrogen functional groups attached to an aromatic ring is 1. The number of hydrogen-bond acceptors (Lipinski definition) is 19. The number of nitrogens with two attached hydrogens (primary N) is 1. The van der Waals surface area contributed by atoms with E-state index in [1.54, 1.807) is 30.6 Å². The molecule has 0 radical (unpaired) electrons. The number of ether oxygens (including phenoxy) is 3. The van der Waals surface area contributed by atoms with Crippen molar-refractivity contribution in [3.8, 4) is 39.3 Å². The number of pyridine rings is 2. The van der Waals surface area contributed by atoms with Crippen molar-refractivity contribution < 1.29 is 42.9 Å². The predicted octanol–water partition coefficient (Wildman–Crippen LogP) is 6.69. The summed E-state index contributed by atoms with van der Waals surface area (Å²) in [7, 11) is 0. The summed E-state index contributed by atoms with van der Waals surface area (Å²) in [4.78, 5) is 50.5. The van der Waals surface area contributed by atoms with Gasteiger partial charge in [-0.3, -0.25) is 19.5 Å². The lowest BCUT2D eigenvalue weighted by atomic mass is 9.91. The number of β-amino-alcohol motifs (C(OH)–C–C–N with tert-alkyl or cyclic N) is 1. The lowest BCUT2D eigenvalue weighted by molar-refractivity contribution is -0.141. The standard InChI is InChI=1S/C56H67FN12O8S/c1-31(2)52(56(73)68-29-37(70)20-47(68)55(72)62-32(3)42-26-60-45(23-43(42)57)53-33(4)61-30-78-53)49-25-51(65-77-49)74-18-17-66-15-12-38(13-16-66)75-39-21-40(22-39)76-50-19-34(11-14-59-50)69-35-9-10-36(69)28-67(27-35)46-24-44(63-64-54(46)58)41-7-5-6-8-48(41)71/h5-8,11,14,19,23-26,30-32,35-40,47,52,70-71H,9-10,12-13,15-18,20-22,27-29H2,1-4H3,(H2,58,64)(H,62,72)/t32-,35?,36?,37+,39-,40-,47-,52-/m0/s1. The van der Waals surface area contributed by atoms with E-state index in [0.717, 1.165) is 86.6 Å². The Kier molecular flexibility index (Phi) is 15.5. The minimum Gasteiger partial charge on any atom is -0.507 e. The highest BCUT2D eigenvalue weighted by molar-refractivity contribution is 7.13. The number of anilines is 3. The number of aromatic nitrogens is 6. The predicted molar refractivity (Wildman–Crippen MR) is 290 cm³/mol. The smallest absolute Gasteiger partial charge is 0.254 e. The van der Waals surface area contributed by atoms with Crippen LogP contribution in [0.25, 0.3) is 21.8 Å². The summed E-state index contributed by atoms with van der Waals surface area (Å²) in [5, 5.41) is 36.7. The number of carbonyl (C=O) groups excluding carboxylic acids is 2. The number of likely N-dealkylation sites (tertiary alicyclic amines) is 2. The molecule has 5 fully saturated rings. The Morgan fingerprint density at radius 3 is 2.42 bits per heavy atom. The number of nitrogens with zero attached hydrogens (tertiary/aromatic N) is 10. The first-order chi connectivity index (χ1) is 37.7. The second-order valence-electron chi connectivity index (χ2n) is 21.7. The van der Waals surface area contributed by atoms with Crippen LogP contribution in [0.1, 0.15) is 94.7 Å². The highest BCUT2D eigenvalue weighted by Crippen LogP contribution is 2.41. The molecular formula is C56H67FN12O8S. The maximum atomic E-state index is 15.4.